The van der Waals surface area contributed by atoms with Crippen LogP contribution in [0.3, 0.4) is 0 Å². The maximum atomic E-state index is 10.8. The van der Waals surface area contributed by atoms with Gasteiger partial charge in [-0.25, -0.2) is 9.97 Å². The number of imidazole rings is 1. The summed E-state index contributed by atoms with van der Waals surface area (Å²) in [6.45, 7) is 0. The third kappa shape index (κ3) is 3.01. The lowest BCUT2D eigenvalue weighted by Crippen LogP contribution is -2.06. The normalized spacial score (nSPS) is 12.3. The number of aliphatic hydroxyl groups excluding tert-OH is 1. The van der Waals surface area contributed by atoms with E-state index in [1.54, 1.807) is 35.3 Å². The Kier molecular flexibility index (Phi) is 4.30. The second-order valence-corrected chi connectivity index (χ2v) is 7.14. The number of aromatic nitrogens is 5. The van der Waals surface area contributed by atoms with E-state index in [0.29, 0.717) is 22.7 Å². The second kappa shape index (κ2) is 7.13. The van der Waals surface area contributed by atoms with Crippen molar-refractivity contribution in [1.82, 2.24) is 24.7 Å². The molecule has 0 saturated heterocycles. The molecule has 5 rings (SSSR count). The summed E-state index contributed by atoms with van der Waals surface area (Å²) < 4.78 is 1.80. The number of hydrogen-bond acceptors (Lipinski definition) is 5. The first-order chi connectivity index (χ1) is 14.6. The number of pyridine rings is 1. The Hall–Kier alpha value is -3.97. The molecule has 1 unspecified atom stereocenters. The highest BCUT2D eigenvalue weighted by Gasteiger charge is 2.17. The maximum Gasteiger partial charge on any atom is 0.181 e. The zero-order chi connectivity index (χ0) is 20.7. The van der Waals surface area contributed by atoms with Gasteiger partial charge >= 0.3 is 0 Å². The van der Waals surface area contributed by atoms with Crippen molar-refractivity contribution < 1.29 is 10.2 Å². The molecule has 3 N–H and O–H groups in total. The first kappa shape index (κ1) is 18.1. The fourth-order valence-electron chi connectivity index (χ4n) is 3.63. The number of phenols is 1. The molecule has 0 aliphatic carbocycles. The monoisotopic (exact) mass is 397 g/mol. The third-order valence-electron chi connectivity index (χ3n) is 5.22. The van der Waals surface area contributed by atoms with Gasteiger partial charge in [0.2, 0.25) is 0 Å². The summed E-state index contributed by atoms with van der Waals surface area (Å²) >= 11 is 0. The van der Waals surface area contributed by atoms with E-state index in [9.17, 15) is 10.2 Å². The van der Waals surface area contributed by atoms with Crippen LogP contribution in [-0.4, -0.2) is 34.9 Å². The minimum absolute atomic E-state index is 0.175. The van der Waals surface area contributed by atoms with Gasteiger partial charge in [-0.3, -0.25) is 5.10 Å². The molecule has 0 aliphatic rings. The van der Waals surface area contributed by atoms with Gasteiger partial charge in [-0.2, -0.15) is 5.10 Å². The van der Waals surface area contributed by atoms with Crippen LogP contribution >= 0.6 is 0 Å². The largest absolute Gasteiger partial charge is 0.507 e. The molecule has 3 aromatic heterocycles. The first-order valence-corrected chi connectivity index (χ1v) is 9.50. The SMILES string of the molecule is Cn1ccnc1C(O)c1cccc(-c2cnc3n[nH]c(-c4ccccc4O)c3c2)c1. The van der Waals surface area contributed by atoms with Crippen molar-refractivity contribution in [1.29, 1.82) is 0 Å². The van der Waals surface area contributed by atoms with E-state index in [0.717, 1.165) is 22.1 Å². The highest BCUT2D eigenvalue weighted by Crippen LogP contribution is 2.34. The van der Waals surface area contributed by atoms with Crippen LogP contribution in [0.4, 0.5) is 0 Å². The lowest BCUT2D eigenvalue weighted by molar-refractivity contribution is 0.206. The Bertz CT molecular complexity index is 1350. The van der Waals surface area contributed by atoms with Gasteiger partial charge < -0.3 is 14.8 Å². The van der Waals surface area contributed by atoms with Crippen LogP contribution in [0.2, 0.25) is 0 Å². The first-order valence-electron chi connectivity index (χ1n) is 9.50. The predicted molar refractivity (Wildman–Crippen MR) is 114 cm³/mol. The Morgan fingerprint density at radius 3 is 2.67 bits per heavy atom. The molecule has 0 spiro atoms. The van der Waals surface area contributed by atoms with Crippen LogP contribution in [0.5, 0.6) is 5.75 Å². The molecule has 0 amide bonds. The minimum atomic E-state index is -0.826. The summed E-state index contributed by atoms with van der Waals surface area (Å²) in [7, 11) is 1.85. The summed E-state index contributed by atoms with van der Waals surface area (Å²) in [5, 5.41) is 29.0. The predicted octanol–water partition coefficient (Wildman–Crippen LogP) is 3.81. The molecule has 0 radical (unpaired) electrons. The van der Waals surface area contributed by atoms with E-state index in [-0.39, 0.29) is 5.75 Å². The summed E-state index contributed by atoms with van der Waals surface area (Å²) in [6.07, 6.45) is 4.40. The molecule has 7 nitrogen and oxygen atoms in total. The van der Waals surface area contributed by atoms with Crippen LogP contribution in [0.1, 0.15) is 17.5 Å². The molecule has 148 valence electrons. The van der Waals surface area contributed by atoms with Crippen molar-refractivity contribution in [3.8, 4) is 28.1 Å². The van der Waals surface area contributed by atoms with Crippen LogP contribution in [0.15, 0.2) is 73.2 Å². The van der Waals surface area contributed by atoms with Crippen LogP contribution in [0, 0.1) is 0 Å². The van der Waals surface area contributed by atoms with E-state index >= 15 is 0 Å². The highest BCUT2D eigenvalue weighted by atomic mass is 16.3. The van der Waals surface area contributed by atoms with Gasteiger partial charge in [-0.15, -0.1) is 0 Å². The molecule has 1 atom stereocenters. The number of fused-ring (bicyclic) bond motifs is 1. The van der Waals surface area contributed by atoms with Gasteiger partial charge in [-0.1, -0.05) is 30.3 Å². The number of H-pyrrole nitrogens is 1. The van der Waals surface area contributed by atoms with Crippen molar-refractivity contribution in [2.75, 3.05) is 0 Å². The molecule has 2 aromatic carbocycles. The molecular formula is C23H19N5O2. The number of nitrogens with one attached hydrogen (secondary N) is 1. The van der Waals surface area contributed by atoms with Gasteiger partial charge in [0, 0.05) is 42.2 Å². The summed E-state index contributed by atoms with van der Waals surface area (Å²) in [5.41, 5.74) is 4.49. The number of benzene rings is 2. The van der Waals surface area contributed by atoms with E-state index in [1.165, 1.54) is 0 Å². The van der Waals surface area contributed by atoms with Crippen molar-refractivity contribution in [2.24, 2.45) is 7.05 Å². The van der Waals surface area contributed by atoms with Crippen molar-refractivity contribution >= 4 is 11.0 Å². The number of aromatic hydroxyl groups is 1. The number of para-hydroxylation sites is 1. The summed E-state index contributed by atoms with van der Waals surface area (Å²) in [6, 6.07) is 16.8. The zero-order valence-electron chi connectivity index (χ0n) is 16.2. The Labute approximate surface area is 172 Å². The van der Waals surface area contributed by atoms with E-state index in [4.69, 9.17) is 0 Å². The topological polar surface area (TPSA) is 99.9 Å². The van der Waals surface area contributed by atoms with Gasteiger partial charge in [0.15, 0.2) is 5.65 Å². The van der Waals surface area contributed by atoms with Gasteiger partial charge in [0.25, 0.3) is 0 Å². The Morgan fingerprint density at radius 2 is 1.87 bits per heavy atom. The van der Waals surface area contributed by atoms with Crippen molar-refractivity contribution in [3.05, 3.63) is 84.6 Å². The maximum absolute atomic E-state index is 10.8. The van der Waals surface area contributed by atoms with Crippen LogP contribution < -0.4 is 0 Å². The molecule has 0 saturated carbocycles. The molecule has 3 heterocycles. The molecule has 7 heteroatoms. The summed E-state index contributed by atoms with van der Waals surface area (Å²) in [5.74, 6) is 0.756. The second-order valence-electron chi connectivity index (χ2n) is 7.14. The average Bonchev–Trinajstić information content (AvgIpc) is 3.39. The van der Waals surface area contributed by atoms with E-state index in [1.807, 2.05) is 49.5 Å². The van der Waals surface area contributed by atoms with Crippen LogP contribution in [-0.2, 0) is 7.05 Å². The molecule has 0 bridgehead atoms. The number of aromatic amines is 1. The zero-order valence-corrected chi connectivity index (χ0v) is 16.2. The Balaban J connectivity index is 1.58. The number of aryl methyl sites for hydroxylation is 1. The fourth-order valence-corrected chi connectivity index (χ4v) is 3.63. The molecule has 5 aromatic rings. The van der Waals surface area contributed by atoms with Gasteiger partial charge in [0.1, 0.15) is 17.7 Å². The van der Waals surface area contributed by atoms with Crippen LogP contribution in [0.25, 0.3) is 33.4 Å². The molecule has 30 heavy (non-hydrogen) atoms. The van der Waals surface area contributed by atoms with Crippen molar-refractivity contribution in [2.45, 2.75) is 6.10 Å². The number of aliphatic hydroxyl groups is 1. The summed E-state index contributed by atoms with van der Waals surface area (Å²) in [4.78, 5) is 8.72. The third-order valence-corrected chi connectivity index (χ3v) is 5.22. The Morgan fingerprint density at radius 1 is 1.00 bits per heavy atom. The number of nitrogens with zero attached hydrogens (tertiary/aromatic N) is 4. The lowest BCUT2D eigenvalue weighted by Gasteiger charge is -2.12. The van der Waals surface area contributed by atoms with Gasteiger partial charge in [0.05, 0.1) is 5.69 Å². The fraction of sp³-hybridized carbons (Fsp3) is 0.0870. The van der Waals surface area contributed by atoms with Crippen molar-refractivity contribution in [3.63, 3.8) is 0 Å². The minimum Gasteiger partial charge on any atom is -0.507 e. The van der Waals surface area contributed by atoms with Gasteiger partial charge in [-0.05, 0) is 35.4 Å². The quantitative estimate of drug-likeness (QED) is 0.428. The standard InChI is InChI=1S/C23H19N5O2/c1-28-10-9-24-23(28)21(30)15-6-4-5-14(11-15)16-12-18-20(26-27-22(18)25-13-16)17-7-2-3-8-19(17)29/h2-13,21,29-30H,1H3,(H,25,26,27). The molecule has 0 aliphatic heterocycles. The smallest absolute Gasteiger partial charge is 0.181 e. The molecule has 0 fully saturated rings. The average molecular weight is 397 g/mol. The lowest BCUT2D eigenvalue weighted by atomic mass is 10.00. The highest BCUT2D eigenvalue weighted by molar-refractivity contribution is 5.94. The van der Waals surface area contributed by atoms with E-state index in [2.05, 4.69) is 20.2 Å². The molecular weight excluding hydrogens is 378 g/mol. The number of rotatable bonds is 4. The number of phenolic OH excluding ortho intramolecular Hbond substituents is 1. The number of hydrogen-bond donors (Lipinski definition) is 3. The van der Waals surface area contributed by atoms with E-state index < -0.39 is 6.10 Å².